The van der Waals surface area contributed by atoms with Crippen molar-refractivity contribution in [1.29, 1.82) is 0 Å². The first-order chi connectivity index (χ1) is 17.9. The molecule has 0 unspecified atom stereocenters. The van der Waals surface area contributed by atoms with E-state index in [1.807, 2.05) is 56.3 Å². The van der Waals surface area contributed by atoms with Crippen molar-refractivity contribution < 1.29 is 9.59 Å². The van der Waals surface area contributed by atoms with Gasteiger partial charge in [0, 0.05) is 33.1 Å². The van der Waals surface area contributed by atoms with E-state index in [0.717, 1.165) is 27.3 Å². The number of rotatable bonds is 8. The number of aromatic nitrogens is 1. The molecule has 4 rings (SSSR count). The standard InChI is InChI=1S/C29H25BrN4O2S/c1-19-3-4-22(15-20(19)2)17-32-34-29(36)26-16-24(30)9-10-27(26)33-28(35)23-7-5-21(6-8-23)18-37-25-11-13-31-14-12-25/h3-17H,18H2,1-2H3,(H,33,35)(H,34,36). The normalized spacial score (nSPS) is 10.9. The van der Waals surface area contributed by atoms with Gasteiger partial charge < -0.3 is 5.32 Å². The molecule has 2 amide bonds. The van der Waals surface area contributed by atoms with Gasteiger partial charge in [-0.05, 0) is 78.6 Å². The van der Waals surface area contributed by atoms with Gasteiger partial charge in [0.15, 0.2) is 0 Å². The number of benzene rings is 3. The van der Waals surface area contributed by atoms with Gasteiger partial charge in [0.2, 0.25) is 0 Å². The van der Waals surface area contributed by atoms with E-state index in [1.54, 1.807) is 60.7 Å². The number of pyridine rings is 1. The predicted molar refractivity (Wildman–Crippen MR) is 153 cm³/mol. The molecular formula is C29H25BrN4O2S. The molecule has 0 saturated heterocycles. The quantitative estimate of drug-likeness (QED) is 0.139. The number of halogens is 1. The third-order valence-corrected chi connectivity index (χ3v) is 7.23. The Bertz CT molecular complexity index is 1440. The van der Waals surface area contributed by atoms with E-state index in [-0.39, 0.29) is 5.91 Å². The lowest BCUT2D eigenvalue weighted by molar-refractivity contribution is 0.0956. The van der Waals surface area contributed by atoms with E-state index >= 15 is 0 Å². The number of thioether (sulfide) groups is 1. The summed E-state index contributed by atoms with van der Waals surface area (Å²) in [6.07, 6.45) is 5.13. The Morgan fingerprint density at radius 2 is 1.68 bits per heavy atom. The molecule has 8 heteroatoms. The van der Waals surface area contributed by atoms with E-state index < -0.39 is 5.91 Å². The average Bonchev–Trinajstić information content (AvgIpc) is 2.91. The van der Waals surface area contributed by atoms with Crippen LogP contribution in [0.1, 0.15) is 43.0 Å². The average molecular weight is 574 g/mol. The maximum Gasteiger partial charge on any atom is 0.273 e. The topological polar surface area (TPSA) is 83.5 Å². The fourth-order valence-corrected chi connectivity index (χ4v) is 4.63. The van der Waals surface area contributed by atoms with Gasteiger partial charge in [0.05, 0.1) is 17.5 Å². The number of hydrogen-bond acceptors (Lipinski definition) is 5. The van der Waals surface area contributed by atoms with Crippen LogP contribution < -0.4 is 10.7 Å². The number of carbonyl (C=O) groups is 2. The first-order valence-electron chi connectivity index (χ1n) is 11.5. The molecule has 0 spiro atoms. The zero-order valence-corrected chi connectivity index (χ0v) is 22.8. The summed E-state index contributed by atoms with van der Waals surface area (Å²) in [6, 6.07) is 22.4. The van der Waals surface area contributed by atoms with Gasteiger partial charge >= 0.3 is 0 Å². The molecular weight excluding hydrogens is 548 g/mol. The Balaban J connectivity index is 1.40. The van der Waals surface area contributed by atoms with Crippen LogP contribution in [0.3, 0.4) is 0 Å². The number of nitrogens with one attached hydrogen (secondary N) is 2. The maximum atomic E-state index is 12.9. The molecule has 0 atom stereocenters. The van der Waals surface area contributed by atoms with Crippen LogP contribution in [0.5, 0.6) is 0 Å². The molecule has 1 aromatic heterocycles. The van der Waals surface area contributed by atoms with Crippen LogP contribution in [-0.2, 0) is 5.75 Å². The van der Waals surface area contributed by atoms with Crippen molar-refractivity contribution >= 4 is 51.4 Å². The molecule has 0 saturated carbocycles. The second-order valence-electron chi connectivity index (χ2n) is 8.36. The van der Waals surface area contributed by atoms with E-state index in [2.05, 4.69) is 36.8 Å². The van der Waals surface area contributed by atoms with Crippen LogP contribution in [0.4, 0.5) is 5.69 Å². The molecule has 0 bridgehead atoms. The maximum absolute atomic E-state index is 12.9. The van der Waals surface area contributed by atoms with Crippen LogP contribution in [-0.4, -0.2) is 23.0 Å². The summed E-state index contributed by atoms with van der Waals surface area (Å²) in [5.74, 6) is 0.0505. The highest BCUT2D eigenvalue weighted by Gasteiger charge is 2.15. The molecule has 4 aromatic rings. The van der Waals surface area contributed by atoms with Crippen LogP contribution in [0, 0.1) is 13.8 Å². The zero-order valence-electron chi connectivity index (χ0n) is 20.4. The summed E-state index contributed by atoms with van der Waals surface area (Å²) in [5, 5.41) is 6.94. The van der Waals surface area contributed by atoms with E-state index in [4.69, 9.17) is 0 Å². The van der Waals surface area contributed by atoms with Gasteiger partial charge in [0.1, 0.15) is 0 Å². The van der Waals surface area contributed by atoms with Crippen molar-refractivity contribution in [1.82, 2.24) is 10.4 Å². The third-order valence-electron chi connectivity index (χ3n) is 5.66. The number of hydrogen-bond donors (Lipinski definition) is 2. The molecule has 3 aromatic carbocycles. The molecule has 0 fully saturated rings. The SMILES string of the molecule is Cc1ccc(C=NNC(=O)c2cc(Br)ccc2NC(=O)c2ccc(CSc3ccncc3)cc2)cc1C. The molecule has 6 nitrogen and oxygen atoms in total. The molecule has 2 N–H and O–H groups in total. The largest absolute Gasteiger partial charge is 0.321 e. The van der Waals surface area contributed by atoms with E-state index in [0.29, 0.717) is 21.3 Å². The Morgan fingerprint density at radius 3 is 2.41 bits per heavy atom. The summed E-state index contributed by atoms with van der Waals surface area (Å²) >= 11 is 5.10. The number of aryl methyl sites for hydroxylation is 2. The molecule has 0 radical (unpaired) electrons. The van der Waals surface area contributed by atoms with Crippen molar-refractivity contribution in [3.63, 3.8) is 0 Å². The lowest BCUT2D eigenvalue weighted by Crippen LogP contribution is -2.21. The van der Waals surface area contributed by atoms with Crippen LogP contribution in [0.15, 0.2) is 99.7 Å². The summed E-state index contributed by atoms with van der Waals surface area (Å²) in [5.41, 5.74) is 8.06. The van der Waals surface area contributed by atoms with Gasteiger partial charge in [-0.25, -0.2) is 5.43 Å². The zero-order chi connectivity index (χ0) is 26.2. The molecule has 37 heavy (non-hydrogen) atoms. The predicted octanol–water partition coefficient (Wildman–Crippen LogP) is 6.77. The Hall–Kier alpha value is -3.75. The van der Waals surface area contributed by atoms with Crippen molar-refractivity contribution in [2.24, 2.45) is 5.10 Å². The summed E-state index contributed by atoms with van der Waals surface area (Å²) < 4.78 is 0.713. The van der Waals surface area contributed by atoms with Crippen LogP contribution in [0.2, 0.25) is 0 Å². The minimum absolute atomic E-state index is 0.297. The number of hydrazone groups is 1. The van der Waals surface area contributed by atoms with Crippen LogP contribution in [0.25, 0.3) is 0 Å². The number of anilines is 1. The second kappa shape index (κ2) is 12.5. The van der Waals surface area contributed by atoms with Gasteiger partial charge in [-0.2, -0.15) is 5.10 Å². The first kappa shape index (κ1) is 26.3. The fraction of sp³-hybridized carbons (Fsp3) is 0.103. The minimum atomic E-state index is -0.430. The van der Waals surface area contributed by atoms with Crippen molar-refractivity contribution in [3.05, 3.63) is 123 Å². The molecule has 0 aliphatic rings. The molecule has 186 valence electrons. The van der Waals surface area contributed by atoms with Crippen molar-refractivity contribution in [3.8, 4) is 0 Å². The lowest BCUT2D eigenvalue weighted by Gasteiger charge is -2.11. The Kier molecular flexibility index (Phi) is 8.87. The summed E-state index contributed by atoms with van der Waals surface area (Å²) in [7, 11) is 0. The van der Waals surface area contributed by atoms with Gasteiger partial charge in [0.25, 0.3) is 11.8 Å². The first-order valence-corrected chi connectivity index (χ1v) is 13.3. The lowest BCUT2D eigenvalue weighted by atomic mass is 10.1. The third kappa shape index (κ3) is 7.38. The number of amides is 2. The molecule has 1 heterocycles. The highest BCUT2D eigenvalue weighted by atomic mass is 79.9. The Labute approximate surface area is 228 Å². The van der Waals surface area contributed by atoms with Gasteiger partial charge in [-0.15, -0.1) is 11.8 Å². The van der Waals surface area contributed by atoms with Crippen molar-refractivity contribution in [2.75, 3.05) is 5.32 Å². The minimum Gasteiger partial charge on any atom is -0.321 e. The van der Waals surface area contributed by atoms with Crippen molar-refractivity contribution in [2.45, 2.75) is 24.5 Å². The number of nitrogens with zero attached hydrogens (tertiary/aromatic N) is 2. The highest BCUT2D eigenvalue weighted by molar-refractivity contribution is 9.10. The molecule has 0 aliphatic heterocycles. The molecule has 0 aliphatic carbocycles. The Morgan fingerprint density at radius 1 is 0.919 bits per heavy atom. The number of carbonyl (C=O) groups excluding carboxylic acids is 2. The fourth-order valence-electron chi connectivity index (χ4n) is 3.43. The van der Waals surface area contributed by atoms with Crippen LogP contribution >= 0.6 is 27.7 Å². The highest BCUT2D eigenvalue weighted by Crippen LogP contribution is 2.24. The monoisotopic (exact) mass is 572 g/mol. The summed E-state index contributed by atoms with van der Waals surface area (Å²) in [6.45, 7) is 4.07. The smallest absolute Gasteiger partial charge is 0.273 e. The second-order valence-corrected chi connectivity index (χ2v) is 10.3. The summed E-state index contributed by atoms with van der Waals surface area (Å²) in [4.78, 5) is 31.0. The van der Waals surface area contributed by atoms with E-state index in [9.17, 15) is 9.59 Å². The van der Waals surface area contributed by atoms with Gasteiger partial charge in [-0.3, -0.25) is 14.6 Å². The van der Waals surface area contributed by atoms with Gasteiger partial charge in [-0.1, -0.05) is 46.3 Å². The van der Waals surface area contributed by atoms with E-state index in [1.165, 1.54) is 5.56 Å².